The van der Waals surface area contributed by atoms with Gasteiger partial charge < -0.3 is 0 Å². The van der Waals surface area contributed by atoms with E-state index < -0.39 is 6.67 Å². The Morgan fingerprint density at radius 3 is 2.56 bits per heavy atom. The summed E-state index contributed by atoms with van der Waals surface area (Å²) in [4.78, 5) is 13.8. The molecule has 0 bridgehead atoms. The van der Waals surface area contributed by atoms with Crippen LogP contribution in [0.5, 0.6) is 0 Å². The molecule has 0 spiro atoms. The molecular formula is C22H35FN3P. The first-order chi connectivity index (χ1) is 12.8. The Kier molecular flexibility index (Phi) is 10.0. The predicted molar refractivity (Wildman–Crippen MR) is 119 cm³/mol. The highest BCUT2D eigenvalue weighted by Crippen LogP contribution is 2.32. The summed E-state index contributed by atoms with van der Waals surface area (Å²) < 4.78 is 12.9. The molecule has 0 saturated carbocycles. The molecule has 150 valence electrons. The van der Waals surface area contributed by atoms with E-state index in [2.05, 4.69) is 57.3 Å². The molecule has 1 aromatic rings. The van der Waals surface area contributed by atoms with E-state index in [0.717, 1.165) is 62.6 Å². The molecule has 0 aliphatic rings. The summed E-state index contributed by atoms with van der Waals surface area (Å²) in [5.74, 6) is 0. The van der Waals surface area contributed by atoms with Crippen molar-refractivity contribution in [2.45, 2.75) is 72.4 Å². The minimum Gasteiger partial charge on any atom is -0.253 e. The van der Waals surface area contributed by atoms with Gasteiger partial charge in [0.15, 0.2) is 0 Å². The molecule has 0 aliphatic heterocycles. The van der Waals surface area contributed by atoms with Crippen LogP contribution in [0.2, 0.25) is 0 Å². The lowest BCUT2D eigenvalue weighted by Crippen LogP contribution is -2.23. The fourth-order valence-corrected chi connectivity index (χ4v) is 3.19. The average molecular weight is 392 g/mol. The summed E-state index contributed by atoms with van der Waals surface area (Å²) in [6, 6.07) is 0. The number of nitrogens with zero attached hydrogens (tertiary/aromatic N) is 3. The quantitative estimate of drug-likeness (QED) is 0.258. The molecule has 0 saturated heterocycles. The van der Waals surface area contributed by atoms with Crippen LogP contribution in [0.15, 0.2) is 34.6 Å². The number of rotatable bonds is 10. The molecule has 0 radical (unpaired) electrons. The Balaban J connectivity index is 3.00. The molecule has 0 fully saturated rings. The molecule has 1 rings (SSSR count). The molecule has 0 aromatic carbocycles. The zero-order valence-corrected chi connectivity index (χ0v) is 19.0. The van der Waals surface area contributed by atoms with Crippen LogP contribution in [0.25, 0.3) is 0 Å². The van der Waals surface area contributed by atoms with Crippen LogP contribution in [-0.2, 0) is 6.42 Å². The van der Waals surface area contributed by atoms with Crippen molar-refractivity contribution in [1.82, 2.24) is 9.97 Å². The molecule has 1 atom stereocenters. The maximum absolute atomic E-state index is 12.9. The molecule has 3 nitrogen and oxygen atoms in total. The summed E-state index contributed by atoms with van der Waals surface area (Å²) in [5.41, 5.74) is 6.18. The summed E-state index contributed by atoms with van der Waals surface area (Å²) in [6.07, 6.45) is 9.01. The summed E-state index contributed by atoms with van der Waals surface area (Å²) >= 11 is 0. The first kappa shape index (κ1) is 23.6. The van der Waals surface area contributed by atoms with Crippen LogP contribution < -0.4 is 0 Å². The zero-order valence-electron chi connectivity index (χ0n) is 18.0. The van der Waals surface area contributed by atoms with Gasteiger partial charge in [0.05, 0.1) is 11.4 Å². The molecule has 27 heavy (non-hydrogen) atoms. The Labute approximate surface area is 166 Å². The Morgan fingerprint density at radius 2 is 1.96 bits per heavy atom. The number of aryl methyl sites for hydroxylation is 2. The SMILES string of the molecule is CC/C=C(C)\C(=C/CF)CCCc1ncnc(C)c1/N=C(\C)C(C)(C)PC. The van der Waals surface area contributed by atoms with Crippen molar-refractivity contribution in [3.05, 3.63) is 41.0 Å². The van der Waals surface area contributed by atoms with Crippen molar-refractivity contribution in [2.24, 2.45) is 4.99 Å². The molecule has 5 heteroatoms. The number of aliphatic imine (C=N–C) groups is 1. The van der Waals surface area contributed by atoms with Crippen molar-refractivity contribution < 1.29 is 4.39 Å². The molecular weight excluding hydrogens is 356 g/mol. The van der Waals surface area contributed by atoms with Crippen LogP contribution in [0.3, 0.4) is 0 Å². The van der Waals surface area contributed by atoms with Gasteiger partial charge in [0.25, 0.3) is 0 Å². The molecule has 0 aliphatic carbocycles. The third-order valence-corrected chi connectivity index (χ3v) is 6.70. The lowest BCUT2D eigenvalue weighted by Gasteiger charge is -2.23. The monoisotopic (exact) mass is 391 g/mol. The van der Waals surface area contributed by atoms with Gasteiger partial charge >= 0.3 is 0 Å². The van der Waals surface area contributed by atoms with E-state index in [1.54, 1.807) is 12.4 Å². The van der Waals surface area contributed by atoms with Crippen molar-refractivity contribution in [1.29, 1.82) is 0 Å². The van der Waals surface area contributed by atoms with E-state index in [1.165, 1.54) is 5.57 Å². The van der Waals surface area contributed by atoms with Gasteiger partial charge in [0, 0.05) is 10.9 Å². The highest BCUT2D eigenvalue weighted by molar-refractivity contribution is 7.40. The number of hydrogen-bond acceptors (Lipinski definition) is 3. The topological polar surface area (TPSA) is 38.1 Å². The molecule has 1 unspecified atom stereocenters. The summed E-state index contributed by atoms with van der Waals surface area (Å²) in [7, 11) is 0.783. The normalized spacial score (nSPS) is 14.4. The van der Waals surface area contributed by atoms with E-state index in [0.29, 0.717) is 0 Å². The van der Waals surface area contributed by atoms with Gasteiger partial charge in [-0.25, -0.2) is 14.4 Å². The predicted octanol–water partition coefficient (Wildman–Crippen LogP) is 6.54. The molecule has 0 amide bonds. The first-order valence-corrected chi connectivity index (χ1v) is 11.2. The Bertz CT molecular complexity index is 706. The van der Waals surface area contributed by atoms with Gasteiger partial charge in [-0.05, 0) is 58.7 Å². The minimum atomic E-state index is -0.418. The van der Waals surface area contributed by atoms with Crippen LogP contribution in [-0.4, -0.2) is 34.2 Å². The van der Waals surface area contributed by atoms with Crippen LogP contribution in [0, 0.1) is 6.92 Å². The Morgan fingerprint density at radius 1 is 1.26 bits per heavy atom. The van der Waals surface area contributed by atoms with E-state index in [-0.39, 0.29) is 5.16 Å². The fourth-order valence-electron chi connectivity index (χ4n) is 2.77. The van der Waals surface area contributed by atoms with Gasteiger partial charge in [-0.2, -0.15) is 0 Å². The van der Waals surface area contributed by atoms with Gasteiger partial charge in [-0.1, -0.05) is 38.5 Å². The molecule has 1 heterocycles. The number of allylic oxidation sites excluding steroid dienone is 4. The number of alkyl halides is 1. The second-order valence-electron chi connectivity index (χ2n) is 7.36. The Hall–Kier alpha value is -1.41. The standard InChI is InChI=1S/C22H35FN3P/c1-8-10-16(2)19(13-14-23)11-9-12-20-21(17(3)24-15-25-20)26-18(4)22(5,6)27-7/h10,13,15,27H,8-9,11-12,14H2,1-7H3/b16-10-,19-13-,26-18+. The van der Waals surface area contributed by atoms with Crippen molar-refractivity contribution in [2.75, 3.05) is 13.3 Å². The smallest absolute Gasteiger partial charge is 0.116 e. The van der Waals surface area contributed by atoms with Crippen molar-refractivity contribution in [3.8, 4) is 0 Å². The van der Waals surface area contributed by atoms with Gasteiger partial charge in [0.2, 0.25) is 0 Å². The lowest BCUT2D eigenvalue weighted by atomic mass is 9.99. The van der Waals surface area contributed by atoms with Crippen molar-refractivity contribution >= 4 is 20.0 Å². The lowest BCUT2D eigenvalue weighted by molar-refractivity contribution is 0.558. The maximum atomic E-state index is 12.9. The van der Waals surface area contributed by atoms with E-state index in [1.807, 2.05) is 6.92 Å². The van der Waals surface area contributed by atoms with Gasteiger partial charge in [0.1, 0.15) is 18.7 Å². The summed E-state index contributed by atoms with van der Waals surface area (Å²) in [6.45, 7) is 14.5. The highest BCUT2D eigenvalue weighted by Gasteiger charge is 2.20. The zero-order chi connectivity index (χ0) is 20.4. The third kappa shape index (κ3) is 7.25. The number of aromatic nitrogens is 2. The largest absolute Gasteiger partial charge is 0.253 e. The first-order valence-electron chi connectivity index (χ1n) is 9.74. The summed E-state index contributed by atoms with van der Waals surface area (Å²) in [5, 5.41) is 0.0820. The second-order valence-corrected chi connectivity index (χ2v) is 9.11. The van der Waals surface area contributed by atoms with Gasteiger partial charge in [-0.15, -0.1) is 8.58 Å². The second kappa shape index (κ2) is 11.4. The van der Waals surface area contributed by atoms with Crippen LogP contribution in [0.4, 0.5) is 10.1 Å². The minimum absolute atomic E-state index is 0.0820. The third-order valence-electron chi connectivity index (χ3n) is 5.09. The fraction of sp³-hybridized carbons (Fsp3) is 0.591. The van der Waals surface area contributed by atoms with Crippen molar-refractivity contribution in [3.63, 3.8) is 0 Å². The maximum Gasteiger partial charge on any atom is 0.116 e. The van der Waals surface area contributed by atoms with E-state index >= 15 is 0 Å². The average Bonchev–Trinajstić information content (AvgIpc) is 2.63. The van der Waals surface area contributed by atoms with E-state index in [4.69, 9.17) is 4.99 Å². The van der Waals surface area contributed by atoms with Crippen LogP contribution >= 0.6 is 8.58 Å². The van der Waals surface area contributed by atoms with E-state index in [9.17, 15) is 4.39 Å². The molecule has 0 N–H and O–H groups in total. The number of halogens is 1. The highest BCUT2D eigenvalue weighted by atomic mass is 31.1. The molecule has 1 aromatic heterocycles. The van der Waals surface area contributed by atoms with Gasteiger partial charge in [-0.3, -0.25) is 4.99 Å². The van der Waals surface area contributed by atoms with Crippen LogP contribution in [0.1, 0.15) is 65.3 Å². The number of hydrogen-bond donors (Lipinski definition) is 0.